The van der Waals surface area contributed by atoms with Crippen LogP contribution >= 0.6 is 11.3 Å². The van der Waals surface area contributed by atoms with Crippen LogP contribution in [0.25, 0.3) is 0 Å². The van der Waals surface area contributed by atoms with Gasteiger partial charge in [-0.2, -0.15) is 0 Å². The van der Waals surface area contributed by atoms with Crippen LogP contribution in [0.2, 0.25) is 0 Å². The molecule has 1 aromatic carbocycles. The van der Waals surface area contributed by atoms with Crippen molar-refractivity contribution in [2.75, 3.05) is 17.2 Å². The molecule has 0 atom stereocenters. The van der Waals surface area contributed by atoms with Crippen molar-refractivity contribution in [3.8, 4) is 0 Å². The molecule has 0 bridgehead atoms. The van der Waals surface area contributed by atoms with Crippen molar-refractivity contribution in [1.29, 1.82) is 0 Å². The predicted molar refractivity (Wildman–Crippen MR) is 105 cm³/mol. The van der Waals surface area contributed by atoms with Crippen LogP contribution in [0.1, 0.15) is 36.9 Å². The molecule has 0 aliphatic heterocycles. The van der Waals surface area contributed by atoms with E-state index in [1.807, 2.05) is 30.5 Å². The average Bonchev–Trinajstić information content (AvgIpc) is 3.31. The van der Waals surface area contributed by atoms with E-state index < -0.39 is 0 Å². The third-order valence-electron chi connectivity index (χ3n) is 4.63. The van der Waals surface area contributed by atoms with Crippen LogP contribution in [-0.4, -0.2) is 23.5 Å². The summed E-state index contributed by atoms with van der Waals surface area (Å²) in [6.07, 6.45) is 4.88. The summed E-state index contributed by atoms with van der Waals surface area (Å²) in [4.78, 5) is 28.6. The highest BCUT2D eigenvalue weighted by Crippen LogP contribution is 2.27. The molecule has 1 heterocycles. The van der Waals surface area contributed by atoms with Crippen molar-refractivity contribution in [2.24, 2.45) is 5.92 Å². The van der Waals surface area contributed by atoms with Crippen molar-refractivity contribution >= 4 is 34.6 Å². The van der Waals surface area contributed by atoms with Crippen molar-refractivity contribution < 1.29 is 9.59 Å². The zero-order chi connectivity index (χ0) is 18.4. The standard InChI is InChI=1S/C19H24N4O2S/c1-13-6-7-15(22-18(24)14-4-2-3-5-14)10-17(13)23-19(25)20-9-8-16-11-26-12-21-16/h6-7,10-12,14H,2-5,8-9H2,1H3,(H,22,24)(H2,20,23,25). The van der Waals surface area contributed by atoms with Gasteiger partial charge in [0.15, 0.2) is 0 Å². The molecule has 3 rings (SSSR count). The van der Waals surface area contributed by atoms with Crippen LogP contribution in [0.3, 0.4) is 0 Å². The normalized spacial score (nSPS) is 14.2. The Hall–Kier alpha value is -2.41. The highest BCUT2D eigenvalue weighted by molar-refractivity contribution is 7.07. The lowest BCUT2D eigenvalue weighted by Crippen LogP contribution is -2.30. The van der Waals surface area contributed by atoms with Crippen molar-refractivity contribution in [1.82, 2.24) is 10.3 Å². The van der Waals surface area contributed by atoms with Crippen molar-refractivity contribution in [3.05, 3.63) is 40.3 Å². The second kappa shape index (κ2) is 8.80. The Kier molecular flexibility index (Phi) is 6.22. The Labute approximate surface area is 157 Å². The highest BCUT2D eigenvalue weighted by atomic mass is 32.1. The first kappa shape index (κ1) is 18.4. The van der Waals surface area contributed by atoms with Gasteiger partial charge in [-0.1, -0.05) is 18.9 Å². The monoisotopic (exact) mass is 372 g/mol. The number of nitrogens with zero attached hydrogens (tertiary/aromatic N) is 1. The minimum absolute atomic E-state index is 0.0741. The van der Waals surface area contributed by atoms with Gasteiger partial charge >= 0.3 is 6.03 Å². The second-order valence-corrected chi connectivity index (χ2v) is 7.33. The quantitative estimate of drug-likeness (QED) is 0.718. The third kappa shape index (κ3) is 5.05. The van der Waals surface area contributed by atoms with E-state index in [4.69, 9.17) is 0 Å². The lowest BCUT2D eigenvalue weighted by atomic mass is 10.1. The number of nitrogens with one attached hydrogen (secondary N) is 3. The first-order chi connectivity index (χ1) is 12.6. The van der Waals surface area contributed by atoms with E-state index in [-0.39, 0.29) is 17.9 Å². The number of anilines is 2. The Balaban J connectivity index is 1.53. The van der Waals surface area contributed by atoms with E-state index in [0.29, 0.717) is 24.3 Å². The number of urea groups is 1. The number of amides is 3. The predicted octanol–water partition coefficient (Wildman–Crippen LogP) is 3.94. The summed E-state index contributed by atoms with van der Waals surface area (Å²) in [6, 6.07) is 5.31. The van der Waals surface area contributed by atoms with Crippen LogP contribution in [0.5, 0.6) is 0 Å². The third-order valence-corrected chi connectivity index (χ3v) is 5.26. The number of carbonyl (C=O) groups excluding carboxylic acids is 2. The van der Waals surface area contributed by atoms with E-state index in [1.165, 1.54) is 0 Å². The number of aryl methyl sites for hydroxylation is 1. The molecule has 1 saturated carbocycles. The maximum absolute atomic E-state index is 12.3. The van der Waals surface area contributed by atoms with Gasteiger partial charge in [-0.3, -0.25) is 4.79 Å². The number of rotatable bonds is 6. The van der Waals surface area contributed by atoms with Gasteiger partial charge < -0.3 is 16.0 Å². The lowest BCUT2D eigenvalue weighted by Gasteiger charge is -2.14. The fraction of sp³-hybridized carbons (Fsp3) is 0.421. The van der Waals surface area contributed by atoms with Gasteiger partial charge in [-0.05, 0) is 37.5 Å². The molecular formula is C19H24N4O2S. The van der Waals surface area contributed by atoms with Gasteiger partial charge in [-0.25, -0.2) is 9.78 Å². The molecular weight excluding hydrogens is 348 g/mol. The molecule has 0 radical (unpaired) electrons. The van der Waals surface area contributed by atoms with Gasteiger partial charge in [0, 0.05) is 35.6 Å². The minimum atomic E-state index is -0.261. The Morgan fingerprint density at radius 3 is 2.77 bits per heavy atom. The van der Waals surface area contributed by atoms with E-state index in [1.54, 1.807) is 16.8 Å². The van der Waals surface area contributed by atoms with Crippen LogP contribution in [0, 0.1) is 12.8 Å². The van der Waals surface area contributed by atoms with Crippen LogP contribution in [0.15, 0.2) is 29.1 Å². The largest absolute Gasteiger partial charge is 0.337 e. The number of hydrogen-bond donors (Lipinski definition) is 3. The smallest absolute Gasteiger partial charge is 0.319 e. The fourth-order valence-corrected chi connectivity index (χ4v) is 3.69. The van der Waals surface area contributed by atoms with E-state index in [0.717, 1.165) is 36.9 Å². The Bertz CT molecular complexity index is 755. The van der Waals surface area contributed by atoms with Gasteiger partial charge in [0.05, 0.1) is 11.2 Å². The number of hydrogen-bond acceptors (Lipinski definition) is 4. The first-order valence-electron chi connectivity index (χ1n) is 8.95. The Morgan fingerprint density at radius 2 is 2.04 bits per heavy atom. The highest BCUT2D eigenvalue weighted by Gasteiger charge is 2.22. The van der Waals surface area contributed by atoms with Crippen LogP contribution in [0.4, 0.5) is 16.2 Å². The molecule has 138 valence electrons. The summed E-state index contributed by atoms with van der Waals surface area (Å²) in [7, 11) is 0. The minimum Gasteiger partial charge on any atom is -0.337 e. The molecule has 26 heavy (non-hydrogen) atoms. The molecule has 1 aliphatic rings. The van der Waals surface area contributed by atoms with Gasteiger partial charge in [-0.15, -0.1) is 11.3 Å². The molecule has 7 heteroatoms. The summed E-state index contributed by atoms with van der Waals surface area (Å²) >= 11 is 1.54. The summed E-state index contributed by atoms with van der Waals surface area (Å²) in [5, 5.41) is 10.6. The van der Waals surface area contributed by atoms with Crippen molar-refractivity contribution in [2.45, 2.75) is 39.0 Å². The molecule has 3 N–H and O–H groups in total. The van der Waals surface area contributed by atoms with Gasteiger partial charge in [0.2, 0.25) is 5.91 Å². The molecule has 2 aromatic rings. The summed E-state index contributed by atoms with van der Waals surface area (Å²) < 4.78 is 0. The van der Waals surface area contributed by atoms with Crippen molar-refractivity contribution in [3.63, 3.8) is 0 Å². The lowest BCUT2D eigenvalue weighted by molar-refractivity contribution is -0.119. The molecule has 1 aromatic heterocycles. The summed E-state index contributed by atoms with van der Waals surface area (Å²) in [6.45, 7) is 2.44. The van der Waals surface area contributed by atoms with Gasteiger partial charge in [0.25, 0.3) is 0 Å². The molecule has 0 spiro atoms. The second-order valence-electron chi connectivity index (χ2n) is 6.61. The topological polar surface area (TPSA) is 83.1 Å². The maximum Gasteiger partial charge on any atom is 0.319 e. The first-order valence-corrected chi connectivity index (χ1v) is 9.89. The van der Waals surface area contributed by atoms with E-state index in [9.17, 15) is 9.59 Å². The Morgan fingerprint density at radius 1 is 1.23 bits per heavy atom. The number of aromatic nitrogens is 1. The molecule has 0 saturated heterocycles. The fourth-order valence-electron chi connectivity index (χ4n) is 3.10. The summed E-state index contributed by atoms with van der Waals surface area (Å²) in [5.74, 6) is 0.187. The van der Waals surface area contributed by atoms with Crippen LogP contribution < -0.4 is 16.0 Å². The zero-order valence-electron chi connectivity index (χ0n) is 14.9. The molecule has 0 unspecified atom stereocenters. The SMILES string of the molecule is Cc1ccc(NC(=O)C2CCCC2)cc1NC(=O)NCCc1cscn1. The number of thiazole rings is 1. The van der Waals surface area contributed by atoms with Crippen LogP contribution in [-0.2, 0) is 11.2 Å². The van der Waals surface area contributed by atoms with E-state index >= 15 is 0 Å². The molecule has 1 aliphatic carbocycles. The summed E-state index contributed by atoms with van der Waals surface area (Å²) in [5.41, 5.74) is 5.11. The van der Waals surface area contributed by atoms with Gasteiger partial charge in [0.1, 0.15) is 0 Å². The molecule has 1 fully saturated rings. The average molecular weight is 372 g/mol. The molecule has 6 nitrogen and oxygen atoms in total. The molecule has 3 amide bonds. The number of benzene rings is 1. The van der Waals surface area contributed by atoms with E-state index in [2.05, 4.69) is 20.9 Å². The maximum atomic E-state index is 12.3. The number of carbonyl (C=O) groups is 2. The zero-order valence-corrected chi connectivity index (χ0v) is 15.7.